The quantitative estimate of drug-likeness (QED) is 0.588. The van der Waals surface area contributed by atoms with Crippen molar-refractivity contribution in [3.8, 4) is 0 Å². The lowest BCUT2D eigenvalue weighted by molar-refractivity contribution is -0.215. The number of hydrogen-bond acceptors (Lipinski definition) is 1. The molecule has 0 bridgehead atoms. The highest BCUT2D eigenvalue weighted by atomic mass is 19.4. The van der Waals surface area contributed by atoms with Crippen LogP contribution in [-0.4, -0.2) is 30.8 Å². The van der Waals surface area contributed by atoms with Gasteiger partial charge in [0.25, 0.3) is 0 Å². The maximum atomic E-state index is 11.7. The van der Waals surface area contributed by atoms with E-state index in [4.69, 9.17) is 0 Å². The molecule has 0 unspecified atom stereocenters. The minimum atomic E-state index is -4.60. The first-order valence-electron chi connectivity index (χ1n) is 2.98. The van der Waals surface area contributed by atoms with Crippen LogP contribution in [0.4, 0.5) is 18.0 Å². The molecule has 0 rings (SSSR count). The van der Waals surface area contributed by atoms with Crippen LogP contribution >= 0.6 is 0 Å². The highest BCUT2D eigenvalue weighted by Crippen LogP contribution is 2.18. The van der Waals surface area contributed by atoms with Gasteiger partial charge in [-0.3, -0.25) is 0 Å². The Hall–Kier alpha value is -0.940. The molecule has 0 aromatic carbocycles. The second-order valence-corrected chi connectivity index (χ2v) is 1.86. The Morgan fingerprint density at radius 3 is 2.27 bits per heavy atom. The van der Waals surface area contributed by atoms with Gasteiger partial charge >= 0.3 is 12.3 Å². The van der Waals surface area contributed by atoms with Gasteiger partial charge in [0.2, 0.25) is 0 Å². The van der Waals surface area contributed by atoms with Gasteiger partial charge < -0.3 is 5.32 Å². The van der Waals surface area contributed by atoms with Crippen LogP contribution in [0.15, 0.2) is 0 Å². The van der Waals surface area contributed by atoms with E-state index in [1.807, 2.05) is 5.32 Å². The third-order valence-corrected chi connectivity index (χ3v) is 1.01. The monoisotopic (exact) mass is 170 g/mol. The maximum absolute atomic E-state index is 11.7. The first-order chi connectivity index (χ1) is 4.89. The summed E-state index contributed by atoms with van der Waals surface area (Å²) in [5.74, 6) is 0. The molecule has 0 aromatic heterocycles. The fourth-order valence-corrected chi connectivity index (χ4v) is 0.385. The van der Waals surface area contributed by atoms with Crippen molar-refractivity contribution in [2.24, 2.45) is 0 Å². The van der Waals surface area contributed by atoms with E-state index in [1.165, 1.54) is 0 Å². The Morgan fingerprint density at radius 1 is 1.55 bits per heavy atom. The minimum absolute atomic E-state index is 0.180. The smallest absolute Gasteiger partial charge is 0.338 e. The van der Waals surface area contributed by atoms with E-state index in [-0.39, 0.29) is 11.4 Å². The first-order valence-corrected chi connectivity index (χ1v) is 2.98. The van der Waals surface area contributed by atoms with Gasteiger partial charge in [0.15, 0.2) is 0 Å². The molecule has 0 saturated carbocycles. The van der Waals surface area contributed by atoms with Crippen LogP contribution in [0.1, 0.15) is 6.92 Å². The molecule has 66 valence electrons. The van der Waals surface area contributed by atoms with Gasteiger partial charge in [-0.25, -0.2) is 9.69 Å². The summed E-state index contributed by atoms with van der Waals surface area (Å²) >= 11 is 0. The van der Waals surface area contributed by atoms with E-state index in [2.05, 4.69) is 0 Å². The predicted molar refractivity (Wildman–Crippen MR) is 32.9 cm³/mol. The van der Waals surface area contributed by atoms with E-state index in [0.29, 0.717) is 7.05 Å². The summed E-state index contributed by atoms with van der Waals surface area (Å²) in [7, 11) is 0.672. The zero-order chi connectivity index (χ0) is 9.07. The lowest BCUT2D eigenvalue weighted by atomic mass is 10.7. The largest absolute Gasteiger partial charge is 0.488 e. The summed E-state index contributed by atoms with van der Waals surface area (Å²) < 4.78 is 35.1. The summed E-state index contributed by atoms with van der Waals surface area (Å²) in [6, 6.07) is -1.14. The van der Waals surface area contributed by atoms with Crippen LogP contribution in [-0.2, 0) is 0 Å². The topological polar surface area (TPSA) is 32.3 Å². The van der Waals surface area contributed by atoms with E-state index in [1.54, 1.807) is 6.92 Å². The Morgan fingerprint density at radius 2 is 2.00 bits per heavy atom. The molecular weight excluding hydrogens is 161 g/mol. The fraction of sp³-hybridized carbons (Fsp3) is 0.800. The Labute approximate surface area is 62.2 Å². The van der Waals surface area contributed by atoms with Crippen LogP contribution in [0.2, 0.25) is 0 Å². The molecule has 2 amide bonds. The Bertz CT molecular complexity index is 145. The number of rotatable bonds is 1. The van der Waals surface area contributed by atoms with Crippen LogP contribution < -0.4 is 5.32 Å². The van der Waals surface area contributed by atoms with Crippen molar-refractivity contribution in [2.75, 3.05) is 13.6 Å². The van der Waals surface area contributed by atoms with Gasteiger partial charge in [-0.1, -0.05) is 0 Å². The molecule has 11 heavy (non-hydrogen) atoms. The third kappa shape index (κ3) is 3.10. The summed E-state index contributed by atoms with van der Waals surface area (Å²) in [5.41, 5.74) is 0. The van der Waals surface area contributed by atoms with Crippen molar-refractivity contribution >= 4 is 6.03 Å². The number of halogens is 3. The minimum Gasteiger partial charge on any atom is -0.338 e. The van der Waals surface area contributed by atoms with E-state index in [0.717, 1.165) is 0 Å². The molecule has 3 nitrogen and oxygen atoms in total. The number of urea groups is 1. The average Bonchev–Trinajstić information content (AvgIpc) is 1.85. The van der Waals surface area contributed by atoms with Gasteiger partial charge in [0.05, 0.1) is 0 Å². The van der Waals surface area contributed by atoms with Crippen molar-refractivity contribution in [3.05, 3.63) is 0 Å². The van der Waals surface area contributed by atoms with Crippen molar-refractivity contribution in [2.45, 2.75) is 13.2 Å². The molecule has 0 fully saturated rings. The second kappa shape index (κ2) is 3.45. The number of nitrogens with one attached hydrogen (secondary N) is 1. The molecule has 0 aliphatic carbocycles. The van der Waals surface area contributed by atoms with E-state index >= 15 is 0 Å². The van der Waals surface area contributed by atoms with Gasteiger partial charge in [-0.2, -0.15) is 0 Å². The molecule has 0 aliphatic rings. The molecular formula is C5H9F3N2O. The summed E-state index contributed by atoms with van der Waals surface area (Å²) in [4.78, 5) is 10.2. The standard InChI is InChI=1S/C5H9F3N2O/c1-3-9-4(11)10(2)5(6,7)8/h3H2,1-2H3,(H,9,11). The van der Waals surface area contributed by atoms with Crippen LogP contribution in [0.3, 0.4) is 0 Å². The van der Waals surface area contributed by atoms with Gasteiger partial charge in [0.1, 0.15) is 0 Å². The van der Waals surface area contributed by atoms with Gasteiger partial charge in [-0.15, -0.1) is 13.2 Å². The zero-order valence-corrected chi connectivity index (χ0v) is 6.20. The molecule has 0 atom stereocenters. The predicted octanol–water partition coefficient (Wildman–Crippen LogP) is 1.17. The summed E-state index contributed by atoms with van der Waals surface area (Å²) in [5, 5.41) is 2.02. The van der Waals surface area contributed by atoms with Crippen LogP contribution in [0.5, 0.6) is 0 Å². The van der Waals surface area contributed by atoms with Crippen molar-refractivity contribution in [1.29, 1.82) is 0 Å². The Balaban J connectivity index is 4.03. The molecule has 1 N–H and O–H groups in total. The van der Waals surface area contributed by atoms with Crippen molar-refractivity contribution < 1.29 is 18.0 Å². The van der Waals surface area contributed by atoms with E-state index in [9.17, 15) is 18.0 Å². The lowest BCUT2D eigenvalue weighted by Gasteiger charge is -2.19. The van der Waals surface area contributed by atoms with Crippen molar-refractivity contribution in [3.63, 3.8) is 0 Å². The number of alkyl halides is 3. The first kappa shape index (κ1) is 10.1. The number of amides is 2. The number of carbonyl (C=O) groups is 1. The zero-order valence-electron chi connectivity index (χ0n) is 6.20. The van der Waals surface area contributed by atoms with Crippen LogP contribution in [0.25, 0.3) is 0 Å². The molecule has 0 saturated heterocycles. The SMILES string of the molecule is CCNC(=O)N(C)C(F)(F)F. The molecule has 0 spiro atoms. The Kier molecular flexibility index (Phi) is 3.16. The lowest BCUT2D eigenvalue weighted by Crippen LogP contribution is -2.45. The molecule has 0 radical (unpaired) electrons. The van der Waals surface area contributed by atoms with Gasteiger partial charge in [-0.05, 0) is 6.92 Å². The highest BCUT2D eigenvalue weighted by Gasteiger charge is 2.37. The summed E-state index contributed by atoms with van der Waals surface area (Å²) in [6.07, 6.45) is -4.60. The molecule has 0 aromatic rings. The second-order valence-electron chi connectivity index (χ2n) is 1.86. The van der Waals surface area contributed by atoms with Crippen molar-refractivity contribution in [1.82, 2.24) is 10.2 Å². The molecule has 0 heterocycles. The summed E-state index contributed by atoms with van der Waals surface area (Å²) in [6.45, 7) is 1.72. The molecule has 6 heteroatoms. The number of nitrogens with zero attached hydrogens (tertiary/aromatic N) is 1. The number of carbonyl (C=O) groups excluding carboxylic acids is 1. The molecule has 0 aliphatic heterocycles. The average molecular weight is 170 g/mol. The normalized spacial score (nSPS) is 11.0. The fourth-order valence-electron chi connectivity index (χ4n) is 0.385. The third-order valence-electron chi connectivity index (χ3n) is 1.01. The number of hydrogen-bond donors (Lipinski definition) is 1. The maximum Gasteiger partial charge on any atom is 0.488 e. The van der Waals surface area contributed by atoms with Crippen LogP contribution in [0, 0.1) is 0 Å². The highest BCUT2D eigenvalue weighted by molar-refractivity contribution is 5.74. The van der Waals surface area contributed by atoms with E-state index < -0.39 is 12.3 Å². The van der Waals surface area contributed by atoms with Gasteiger partial charge in [0, 0.05) is 13.6 Å².